The molecule has 17 heavy (non-hydrogen) atoms. The van der Waals surface area contributed by atoms with Crippen molar-refractivity contribution in [1.29, 1.82) is 0 Å². The molecule has 0 aromatic rings. The summed E-state index contributed by atoms with van der Waals surface area (Å²) in [5, 5.41) is 0. The Hall–Kier alpha value is -1.84. The molecule has 0 saturated carbocycles. The van der Waals surface area contributed by atoms with Gasteiger partial charge in [0.1, 0.15) is 0 Å². The molecule has 4 aliphatic heterocycles. The fourth-order valence-corrected chi connectivity index (χ4v) is 2.67. The van der Waals surface area contributed by atoms with Crippen molar-refractivity contribution < 1.29 is 14.3 Å². The van der Waals surface area contributed by atoms with Gasteiger partial charge in [-0.1, -0.05) is 6.08 Å². The molecule has 4 bridgehead atoms. The first-order chi connectivity index (χ1) is 8.22. The number of nitrogens with zero attached hydrogens (tertiary/aromatic N) is 1. The first-order valence-electron chi connectivity index (χ1n) is 5.81. The number of allylic oxidation sites excluding steroid dienone is 4. The van der Waals surface area contributed by atoms with Gasteiger partial charge in [0, 0.05) is 12.1 Å². The van der Waals surface area contributed by atoms with Gasteiger partial charge >= 0.3 is 5.97 Å². The minimum atomic E-state index is -0.351. The number of fused-ring (bicyclic) bond motifs is 1. The van der Waals surface area contributed by atoms with Gasteiger partial charge in [-0.2, -0.15) is 0 Å². The summed E-state index contributed by atoms with van der Waals surface area (Å²) < 4.78 is 5.04. The normalized spacial score (nSPS) is 25.2. The fourth-order valence-electron chi connectivity index (χ4n) is 2.67. The smallest absolute Gasteiger partial charge is 0.336 e. The maximum Gasteiger partial charge on any atom is 0.336 e. The highest BCUT2D eigenvalue weighted by atomic mass is 16.5. The standard InChI is InChI=1S/C13H13NO3/c1-2-17-13(16)12-9-6-8-4-3-5-10(12)14(8)7-11(9)15/h3-5,9H,2,6-7H2,1H3. The SMILES string of the molecule is CCOC(=O)C1=C2C=CC=C3CC1C(=O)CN32. The van der Waals surface area contributed by atoms with Gasteiger partial charge in [-0.15, -0.1) is 0 Å². The van der Waals surface area contributed by atoms with Crippen LogP contribution < -0.4 is 0 Å². The van der Waals surface area contributed by atoms with Crippen LogP contribution >= 0.6 is 0 Å². The number of hydrogen-bond donors (Lipinski definition) is 0. The van der Waals surface area contributed by atoms with E-state index < -0.39 is 0 Å². The van der Waals surface area contributed by atoms with Gasteiger partial charge < -0.3 is 9.64 Å². The zero-order chi connectivity index (χ0) is 12.0. The summed E-state index contributed by atoms with van der Waals surface area (Å²) in [5.41, 5.74) is 2.51. The van der Waals surface area contributed by atoms with E-state index in [1.54, 1.807) is 6.92 Å². The minimum Gasteiger partial charge on any atom is -0.463 e. The summed E-state index contributed by atoms with van der Waals surface area (Å²) in [7, 11) is 0. The fraction of sp³-hybridized carbons (Fsp3) is 0.385. The molecule has 1 unspecified atom stereocenters. The molecule has 88 valence electrons. The van der Waals surface area contributed by atoms with E-state index in [1.165, 1.54) is 0 Å². The topological polar surface area (TPSA) is 46.6 Å². The lowest BCUT2D eigenvalue weighted by atomic mass is 9.78. The van der Waals surface area contributed by atoms with Crippen molar-refractivity contribution in [2.45, 2.75) is 13.3 Å². The van der Waals surface area contributed by atoms with Crippen molar-refractivity contribution in [3.05, 3.63) is 35.2 Å². The van der Waals surface area contributed by atoms with Crippen LogP contribution in [0.25, 0.3) is 0 Å². The lowest BCUT2D eigenvalue weighted by Gasteiger charge is -2.43. The number of piperidine rings is 1. The second kappa shape index (κ2) is 3.58. The van der Waals surface area contributed by atoms with Crippen LogP contribution in [0, 0.1) is 5.92 Å². The van der Waals surface area contributed by atoms with E-state index in [9.17, 15) is 9.59 Å². The second-order valence-electron chi connectivity index (χ2n) is 4.35. The van der Waals surface area contributed by atoms with Crippen LogP contribution in [-0.2, 0) is 14.3 Å². The summed E-state index contributed by atoms with van der Waals surface area (Å²) in [6.07, 6.45) is 6.44. The molecule has 4 rings (SSSR count). The van der Waals surface area contributed by atoms with Gasteiger partial charge in [0.05, 0.1) is 30.3 Å². The molecule has 0 aromatic carbocycles. The van der Waals surface area contributed by atoms with Crippen LogP contribution in [0.1, 0.15) is 13.3 Å². The van der Waals surface area contributed by atoms with E-state index in [4.69, 9.17) is 4.74 Å². The number of ether oxygens (including phenoxy) is 1. The van der Waals surface area contributed by atoms with Crippen molar-refractivity contribution in [3.8, 4) is 0 Å². The highest BCUT2D eigenvalue weighted by Gasteiger charge is 2.44. The van der Waals surface area contributed by atoms with Crippen molar-refractivity contribution in [1.82, 2.24) is 4.90 Å². The molecular weight excluding hydrogens is 218 g/mol. The van der Waals surface area contributed by atoms with Gasteiger partial charge in [-0.3, -0.25) is 4.79 Å². The predicted molar refractivity (Wildman–Crippen MR) is 60.7 cm³/mol. The van der Waals surface area contributed by atoms with E-state index in [2.05, 4.69) is 0 Å². The molecule has 0 radical (unpaired) electrons. The Labute approximate surface area is 99.2 Å². The number of hydrogen-bond acceptors (Lipinski definition) is 4. The van der Waals surface area contributed by atoms with Crippen LogP contribution in [0.4, 0.5) is 0 Å². The molecule has 4 aliphatic rings. The van der Waals surface area contributed by atoms with E-state index in [0.29, 0.717) is 25.1 Å². The van der Waals surface area contributed by atoms with Gasteiger partial charge in [-0.25, -0.2) is 4.79 Å². The van der Waals surface area contributed by atoms with Gasteiger partial charge in [-0.05, 0) is 19.1 Å². The molecule has 1 fully saturated rings. The van der Waals surface area contributed by atoms with Crippen molar-refractivity contribution in [2.75, 3.05) is 13.2 Å². The average Bonchev–Trinajstić information content (AvgIpc) is 2.28. The van der Waals surface area contributed by atoms with Crippen LogP contribution in [0.2, 0.25) is 0 Å². The highest BCUT2D eigenvalue weighted by Crippen LogP contribution is 2.42. The molecule has 0 aromatic heterocycles. The van der Waals surface area contributed by atoms with Crippen LogP contribution in [-0.4, -0.2) is 29.8 Å². The summed E-state index contributed by atoms with van der Waals surface area (Å²) in [6.45, 7) is 2.50. The Morgan fingerprint density at radius 3 is 3.18 bits per heavy atom. The zero-order valence-electron chi connectivity index (χ0n) is 9.60. The molecule has 0 amide bonds. The monoisotopic (exact) mass is 231 g/mol. The van der Waals surface area contributed by atoms with Crippen molar-refractivity contribution in [3.63, 3.8) is 0 Å². The number of ketones is 1. The lowest BCUT2D eigenvalue weighted by molar-refractivity contribution is -0.142. The summed E-state index contributed by atoms with van der Waals surface area (Å²) in [6, 6.07) is 0. The first kappa shape index (κ1) is 10.3. The van der Waals surface area contributed by atoms with Crippen molar-refractivity contribution in [2.24, 2.45) is 5.92 Å². The molecule has 1 saturated heterocycles. The number of esters is 1. The Balaban J connectivity index is 2.09. The maximum absolute atomic E-state index is 11.9. The molecule has 0 spiro atoms. The summed E-state index contributed by atoms with van der Waals surface area (Å²) in [5.74, 6) is -0.536. The molecule has 4 nitrogen and oxygen atoms in total. The van der Waals surface area contributed by atoms with Crippen LogP contribution in [0.15, 0.2) is 35.2 Å². The number of carbonyl (C=O) groups excluding carboxylic acids is 2. The maximum atomic E-state index is 11.9. The third-order valence-corrected chi connectivity index (χ3v) is 3.42. The molecule has 1 atom stereocenters. The Morgan fingerprint density at radius 1 is 1.59 bits per heavy atom. The molecular formula is C13H13NO3. The average molecular weight is 231 g/mol. The van der Waals surface area contributed by atoms with Gasteiger partial charge in [0.25, 0.3) is 0 Å². The summed E-state index contributed by atoms with van der Waals surface area (Å²) >= 11 is 0. The zero-order valence-corrected chi connectivity index (χ0v) is 9.60. The predicted octanol–water partition coefficient (Wildman–Crippen LogP) is 1.16. The Morgan fingerprint density at radius 2 is 2.41 bits per heavy atom. The summed E-state index contributed by atoms with van der Waals surface area (Å²) in [4.78, 5) is 25.7. The van der Waals surface area contributed by atoms with Crippen LogP contribution in [0.3, 0.4) is 0 Å². The van der Waals surface area contributed by atoms with E-state index in [1.807, 2.05) is 23.1 Å². The van der Waals surface area contributed by atoms with E-state index >= 15 is 0 Å². The van der Waals surface area contributed by atoms with E-state index in [0.717, 1.165) is 11.4 Å². The van der Waals surface area contributed by atoms with E-state index in [-0.39, 0.29) is 17.7 Å². The third-order valence-electron chi connectivity index (χ3n) is 3.42. The molecule has 4 heterocycles. The molecule has 0 N–H and O–H groups in total. The Bertz CT molecular complexity index is 499. The van der Waals surface area contributed by atoms with Gasteiger partial charge in [0.2, 0.25) is 0 Å². The molecule has 0 aliphatic carbocycles. The number of Topliss-reactive ketones (excluding diaryl/α,β-unsaturated/α-hetero) is 1. The third kappa shape index (κ3) is 1.37. The Kier molecular flexibility index (Phi) is 2.18. The quantitative estimate of drug-likeness (QED) is 0.669. The minimum absolute atomic E-state index is 0.115. The number of rotatable bonds is 2. The van der Waals surface area contributed by atoms with Crippen molar-refractivity contribution >= 4 is 11.8 Å². The number of carbonyl (C=O) groups is 2. The highest BCUT2D eigenvalue weighted by molar-refractivity contribution is 6.02. The largest absolute Gasteiger partial charge is 0.463 e. The lowest BCUT2D eigenvalue weighted by Crippen LogP contribution is -2.47. The van der Waals surface area contributed by atoms with Crippen LogP contribution in [0.5, 0.6) is 0 Å². The van der Waals surface area contributed by atoms with Gasteiger partial charge in [0.15, 0.2) is 5.78 Å². The second-order valence-corrected chi connectivity index (χ2v) is 4.35. The molecule has 4 heteroatoms. The first-order valence-corrected chi connectivity index (χ1v) is 5.81.